The van der Waals surface area contributed by atoms with Crippen molar-refractivity contribution in [2.45, 2.75) is 20.4 Å². The van der Waals surface area contributed by atoms with Crippen LogP contribution < -0.4 is 4.90 Å². The Kier molecular flexibility index (Phi) is 6.03. The number of aromatic nitrogens is 5. The summed E-state index contributed by atoms with van der Waals surface area (Å²) in [6, 6.07) is 18.0. The van der Waals surface area contributed by atoms with E-state index in [1.165, 1.54) is 0 Å². The van der Waals surface area contributed by atoms with Crippen molar-refractivity contribution in [3.63, 3.8) is 0 Å². The summed E-state index contributed by atoms with van der Waals surface area (Å²) >= 11 is 0. The Balaban J connectivity index is 1.37. The summed E-state index contributed by atoms with van der Waals surface area (Å²) in [6.07, 6.45) is 3.48. The third-order valence-electron chi connectivity index (χ3n) is 5.94. The normalized spacial score (nSPS) is 13.8. The van der Waals surface area contributed by atoms with E-state index >= 15 is 0 Å². The van der Waals surface area contributed by atoms with Gasteiger partial charge in [0.05, 0.1) is 0 Å². The molecule has 2 aromatic heterocycles. The molecule has 1 saturated heterocycles. The van der Waals surface area contributed by atoms with Crippen LogP contribution in [0.2, 0.25) is 0 Å². The summed E-state index contributed by atoms with van der Waals surface area (Å²) in [7, 11) is 0. The highest BCUT2D eigenvalue weighted by Crippen LogP contribution is 2.24. The molecule has 8 heteroatoms. The molecule has 172 valence electrons. The number of anilines is 1. The average molecular weight is 454 g/mol. The Morgan fingerprint density at radius 3 is 2.21 bits per heavy atom. The first-order chi connectivity index (χ1) is 16.6. The van der Waals surface area contributed by atoms with Gasteiger partial charge in [0.2, 0.25) is 11.9 Å². The lowest BCUT2D eigenvalue weighted by Gasteiger charge is -2.34. The zero-order valence-corrected chi connectivity index (χ0v) is 19.4. The molecular formula is C26H27N7O. The molecule has 3 heterocycles. The summed E-state index contributed by atoms with van der Waals surface area (Å²) in [5, 5.41) is 4.76. The number of aryl methyl sites for hydroxylation is 2. The second-order valence-corrected chi connectivity index (χ2v) is 8.58. The van der Waals surface area contributed by atoms with Crippen LogP contribution in [0.5, 0.6) is 0 Å². The molecule has 1 aliphatic heterocycles. The molecule has 0 aliphatic carbocycles. The van der Waals surface area contributed by atoms with Crippen LogP contribution in [0.3, 0.4) is 0 Å². The van der Waals surface area contributed by atoms with Gasteiger partial charge in [0, 0.05) is 49.7 Å². The van der Waals surface area contributed by atoms with Crippen molar-refractivity contribution >= 4 is 11.9 Å². The predicted molar refractivity (Wildman–Crippen MR) is 131 cm³/mol. The molecule has 0 bridgehead atoms. The van der Waals surface area contributed by atoms with Gasteiger partial charge in [0.25, 0.3) is 0 Å². The van der Waals surface area contributed by atoms with Crippen molar-refractivity contribution in [1.29, 1.82) is 0 Å². The molecule has 0 atom stereocenters. The number of carbonyl (C=O) groups excluding carboxylic acids is 1. The summed E-state index contributed by atoms with van der Waals surface area (Å²) in [6.45, 7) is 6.92. The van der Waals surface area contributed by atoms with Crippen molar-refractivity contribution < 1.29 is 4.79 Å². The minimum Gasteiger partial charge on any atom is -0.338 e. The van der Waals surface area contributed by atoms with Crippen LogP contribution in [-0.2, 0) is 11.3 Å². The topological polar surface area (TPSA) is 80.0 Å². The number of benzene rings is 2. The molecule has 4 aromatic rings. The highest BCUT2D eigenvalue weighted by atomic mass is 16.2. The van der Waals surface area contributed by atoms with Crippen LogP contribution in [0.15, 0.2) is 67.0 Å². The van der Waals surface area contributed by atoms with Crippen molar-refractivity contribution in [3.05, 3.63) is 78.1 Å². The van der Waals surface area contributed by atoms with E-state index in [9.17, 15) is 4.79 Å². The molecule has 0 radical (unpaired) electrons. The van der Waals surface area contributed by atoms with Gasteiger partial charge in [0.1, 0.15) is 6.54 Å². The molecule has 8 nitrogen and oxygen atoms in total. The maximum Gasteiger partial charge on any atom is 0.244 e. The van der Waals surface area contributed by atoms with Gasteiger partial charge < -0.3 is 9.80 Å². The fourth-order valence-corrected chi connectivity index (χ4v) is 4.32. The van der Waals surface area contributed by atoms with E-state index < -0.39 is 0 Å². The second kappa shape index (κ2) is 9.43. The molecule has 34 heavy (non-hydrogen) atoms. The van der Waals surface area contributed by atoms with E-state index in [1.807, 2.05) is 35.2 Å². The zero-order valence-electron chi connectivity index (χ0n) is 19.4. The van der Waals surface area contributed by atoms with Crippen LogP contribution in [0.1, 0.15) is 11.1 Å². The molecule has 1 aliphatic rings. The minimum atomic E-state index is 0.0303. The van der Waals surface area contributed by atoms with Gasteiger partial charge in [-0.05, 0) is 32.0 Å². The third kappa shape index (κ3) is 4.66. The second-order valence-electron chi connectivity index (χ2n) is 8.58. The van der Waals surface area contributed by atoms with E-state index in [0.29, 0.717) is 43.8 Å². The van der Waals surface area contributed by atoms with Gasteiger partial charge in [-0.1, -0.05) is 47.5 Å². The highest BCUT2D eigenvalue weighted by molar-refractivity contribution is 5.77. The number of hydrogen-bond acceptors (Lipinski definition) is 6. The van der Waals surface area contributed by atoms with Gasteiger partial charge in [-0.15, -0.1) is 5.10 Å². The average Bonchev–Trinajstić information content (AvgIpc) is 3.28. The largest absolute Gasteiger partial charge is 0.338 e. The lowest BCUT2D eigenvalue weighted by atomic mass is 10.1. The van der Waals surface area contributed by atoms with Crippen LogP contribution >= 0.6 is 0 Å². The van der Waals surface area contributed by atoms with E-state index in [1.54, 1.807) is 23.1 Å². The van der Waals surface area contributed by atoms with Crippen molar-refractivity contribution in [3.8, 4) is 22.8 Å². The maximum atomic E-state index is 13.2. The molecule has 0 saturated carbocycles. The van der Waals surface area contributed by atoms with Gasteiger partial charge in [0.15, 0.2) is 11.6 Å². The molecule has 1 fully saturated rings. The first kappa shape index (κ1) is 21.8. The molecule has 2 aromatic carbocycles. The quantitative estimate of drug-likeness (QED) is 0.461. The summed E-state index contributed by atoms with van der Waals surface area (Å²) in [5.41, 5.74) is 4.20. The molecule has 5 rings (SSSR count). The smallest absolute Gasteiger partial charge is 0.244 e. The van der Waals surface area contributed by atoms with E-state index in [4.69, 9.17) is 10.1 Å². The predicted octanol–water partition coefficient (Wildman–Crippen LogP) is 3.37. The molecule has 1 amide bonds. The number of carbonyl (C=O) groups is 1. The van der Waals surface area contributed by atoms with Crippen molar-refractivity contribution in [2.24, 2.45) is 0 Å². The Labute approximate surface area is 198 Å². The number of amides is 1. The standard InChI is InChI=1S/C26H27N7O/c1-19-15-20(2)17-22(16-19)24-29-25(21-7-4-3-5-8-21)33(30-24)18-23(34)31-11-13-32(14-12-31)26-27-9-6-10-28-26/h3-10,15-17H,11-14,18H2,1-2H3. The molecule has 0 unspecified atom stereocenters. The fraction of sp³-hybridized carbons (Fsp3) is 0.269. The Hall–Kier alpha value is -4.07. The Morgan fingerprint density at radius 2 is 1.53 bits per heavy atom. The highest BCUT2D eigenvalue weighted by Gasteiger charge is 2.24. The number of piperazine rings is 1. The van der Waals surface area contributed by atoms with Gasteiger partial charge in [-0.25, -0.2) is 19.6 Å². The van der Waals surface area contributed by atoms with E-state index in [2.05, 4.69) is 46.9 Å². The Morgan fingerprint density at radius 1 is 0.853 bits per heavy atom. The summed E-state index contributed by atoms with van der Waals surface area (Å²) in [4.78, 5) is 30.7. The summed E-state index contributed by atoms with van der Waals surface area (Å²) in [5.74, 6) is 2.06. The van der Waals surface area contributed by atoms with Crippen LogP contribution in [0.25, 0.3) is 22.8 Å². The first-order valence-corrected chi connectivity index (χ1v) is 11.5. The lowest BCUT2D eigenvalue weighted by molar-refractivity contribution is -0.132. The number of nitrogens with zero attached hydrogens (tertiary/aromatic N) is 7. The molecule has 0 N–H and O–H groups in total. The maximum absolute atomic E-state index is 13.2. The number of rotatable bonds is 5. The molecular weight excluding hydrogens is 426 g/mol. The Bertz CT molecular complexity index is 1260. The van der Waals surface area contributed by atoms with Gasteiger partial charge in [-0.3, -0.25) is 4.79 Å². The SMILES string of the molecule is Cc1cc(C)cc(-c2nc(-c3ccccc3)n(CC(=O)N3CCN(c4ncccn4)CC3)n2)c1. The van der Waals surface area contributed by atoms with Crippen molar-refractivity contribution in [2.75, 3.05) is 31.1 Å². The van der Waals surface area contributed by atoms with Crippen LogP contribution in [0, 0.1) is 13.8 Å². The van der Waals surface area contributed by atoms with Crippen molar-refractivity contribution in [1.82, 2.24) is 29.6 Å². The van der Waals surface area contributed by atoms with Gasteiger partial charge in [-0.2, -0.15) is 0 Å². The van der Waals surface area contributed by atoms with Crippen LogP contribution in [0.4, 0.5) is 5.95 Å². The van der Waals surface area contributed by atoms with Gasteiger partial charge >= 0.3 is 0 Å². The van der Waals surface area contributed by atoms with E-state index in [0.717, 1.165) is 22.3 Å². The first-order valence-electron chi connectivity index (χ1n) is 11.5. The monoisotopic (exact) mass is 453 g/mol. The zero-order chi connectivity index (χ0) is 23.5. The minimum absolute atomic E-state index is 0.0303. The lowest BCUT2D eigenvalue weighted by Crippen LogP contribution is -2.50. The third-order valence-corrected chi connectivity index (χ3v) is 5.94. The molecule has 0 spiro atoms. The fourth-order valence-electron chi connectivity index (χ4n) is 4.32. The number of hydrogen-bond donors (Lipinski definition) is 0. The van der Waals surface area contributed by atoms with E-state index in [-0.39, 0.29) is 12.5 Å². The van der Waals surface area contributed by atoms with Crippen LogP contribution in [-0.4, -0.2) is 61.7 Å². The summed E-state index contributed by atoms with van der Waals surface area (Å²) < 4.78 is 1.73.